The summed E-state index contributed by atoms with van der Waals surface area (Å²) in [5, 5.41) is 0. The summed E-state index contributed by atoms with van der Waals surface area (Å²) in [4.78, 5) is 4.34. The van der Waals surface area contributed by atoms with Crippen LogP contribution in [0.2, 0.25) is 0 Å². The predicted octanol–water partition coefficient (Wildman–Crippen LogP) is 3.14. The Labute approximate surface area is 148 Å². The number of hydrogen-bond acceptors (Lipinski definition) is 6. The van der Waals surface area contributed by atoms with E-state index in [1.54, 1.807) is 19.2 Å². The number of ether oxygens (including phenoxy) is 3. The minimum Gasteiger partial charge on any atom is -0.478 e. The van der Waals surface area contributed by atoms with Gasteiger partial charge in [-0.1, -0.05) is 12.1 Å². The van der Waals surface area contributed by atoms with Crippen molar-refractivity contribution in [3.8, 4) is 17.4 Å². The first-order chi connectivity index (χ1) is 11.9. The molecule has 0 aliphatic rings. The number of aryl methyl sites for hydroxylation is 1. The smallest absolute Gasteiger partial charge is 0.213 e. The van der Waals surface area contributed by atoms with E-state index < -0.39 is 9.84 Å². The molecule has 0 aliphatic carbocycles. The number of pyridine rings is 1. The highest BCUT2D eigenvalue weighted by molar-refractivity contribution is 7.90. The highest BCUT2D eigenvalue weighted by atomic mass is 32.2. The lowest BCUT2D eigenvalue weighted by Crippen LogP contribution is -2.08. The Bertz CT molecular complexity index is 805. The van der Waals surface area contributed by atoms with Crippen molar-refractivity contribution >= 4 is 9.84 Å². The number of benzene rings is 1. The van der Waals surface area contributed by atoms with Gasteiger partial charge in [0, 0.05) is 19.4 Å². The zero-order chi connectivity index (χ0) is 18.3. The summed E-state index contributed by atoms with van der Waals surface area (Å²) in [5.74, 6) is 1.90. The second-order valence-corrected chi connectivity index (χ2v) is 8.01. The van der Waals surface area contributed by atoms with E-state index >= 15 is 0 Å². The van der Waals surface area contributed by atoms with Crippen molar-refractivity contribution in [2.24, 2.45) is 0 Å². The summed E-state index contributed by atoms with van der Waals surface area (Å²) in [6, 6.07) is 11.2. The molecule has 7 heteroatoms. The van der Waals surface area contributed by atoms with Crippen LogP contribution < -0.4 is 9.47 Å². The molecule has 1 aromatic heterocycles. The first kappa shape index (κ1) is 19.2. The van der Waals surface area contributed by atoms with Gasteiger partial charge in [-0.3, -0.25) is 0 Å². The Hall–Kier alpha value is -2.12. The molecular formula is C18H23NO5S. The fraction of sp³-hybridized carbons (Fsp3) is 0.389. The van der Waals surface area contributed by atoms with Crippen LogP contribution in [0.1, 0.15) is 17.7 Å². The third kappa shape index (κ3) is 6.72. The monoisotopic (exact) mass is 365 g/mol. The molecule has 136 valence electrons. The maximum atomic E-state index is 11.1. The molecule has 0 atom stereocenters. The van der Waals surface area contributed by atoms with Crippen molar-refractivity contribution in [3.05, 3.63) is 47.7 Å². The number of hydrogen-bond donors (Lipinski definition) is 0. The molecule has 2 aromatic rings. The van der Waals surface area contributed by atoms with Gasteiger partial charge in [-0.05, 0) is 37.1 Å². The van der Waals surface area contributed by atoms with Crippen LogP contribution in [-0.4, -0.2) is 39.1 Å². The molecular weight excluding hydrogens is 342 g/mol. The zero-order valence-corrected chi connectivity index (χ0v) is 15.5. The minimum absolute atomic E-state index is 0.102. The molecule has 0 saturated carbocycles. The lowest BCUT2D eigenvalue weighted by molar-refractivity contribution is 0.184. The van der Waals surface area contributed by atoms with Gasteiger partial charge in [0.2, 0.25) is 5.88 Å². The molecule has 1 heterocycles. The van der Waals surface area contributed by atoms with Gasteiger partial charge in [-0.15, -0.1) is 0 Å². The fourth-order valence-corrected chi connectivity index (χ4v) is 2.85. The first-order valence-electron chi connectivity index (χ1n) is 7.91. The molecule has 0 amide bonds. The average Bonchev–Trinajstić information content (AvgIpc) is 2.54. The molecule has 0 radical (unpaired) electrons. The van der Waals surface area contributed by atoms with Crippen LogP contribution in [0, 0.1) is 6.92 Å². The first-order valence-corrected chi connectivity index (χ1v) is 9.97. The quantitative estimate of drug-likeness (QED) is 0.636. The second-order valence-electron chi connectivity index (χ2n) is 5.75. The standard InChI is InChI=1S/C18H23NO5S/c1-14-17(24-16-7-4-6-15(12-16)13-22-2)8-9-18(19-14)23-10-5-11-25(3,20)21/h4,6-9,12H,5,10-11,13H2,1-3H3. The number of nitrogens with zero attached hydrogens (tertiary/aromatic N) is 1. The van der Waals surface area contributed by atoms with Crippen molar-refractivity contribution in [2.75, 3.05) is 25.7 Å². The Morgan fingerprint density at radius 3 is 2.64 bits per heavy atom. The summed E-state index contributed by atoms with van der Waals surface area (Å²) >= 11 is 0. The van der Waals surface area contributed by atoms with Crippen LogP contribution in [-0.2, 0) is 21.2 Å². The topological polar surface area (TPSA) is 74.7 Å². The molecule has 1 aromatic carbocycles. The second kappa shape index (κ2) is 8.82. The van der Waals surface area contributed by atoms with Gasteiger partial charge in [0.1, 0.15) is 21.3 Å². The molecule has 0 N–H and O–H groups in total. The largest absolute Gasteiger partial charge is 0.478 e. The van der Waals surface area contributed by atoms with Gasteiger partial charge < -0.3 is 14.2 Å². The van der Waals surface area contributed by atoms with Crippen molar-refractivity contribution < 1.29 is 22.6 Å². The molecule has 0 unspecified atom stereocenters. The van der Waals surface area contributed by atoms with E-state index in [0.717, 1.165) is 5.56 Å². The van der Waals surface area contributed by atoms with Gasteiger partial charge in [0.05, 0.1) is 24.7 Å². The summed E-state index contributed by atoms with van der Waals surface area (Å²) in [6.45, 7) is 2.66. The average molecular weight is 365 g/mol. The van der Waals surface area contributed by atoms with Crippen molar-refractivity contribution in [2.45, 2.75) is 20.0 Å². The van der Waals surface area contributed by atoms with E-state index in [9.17, 15) is 8.42 Å². The predicted molar refractivity (Wildman–Crippen MR) is 96.0 cm³/mol. The molecule has 6 nitrogen and oxygen atoms in total. The molecule has 0 bridgehead atoms. The van der Waals surface area contributed by atoms with Gasteiger partial charge in [-0.25, -0.2) is 13.4 Å². The normalized spacial score (nSPS) is 11.3. The van der Waals surface area contributed by atoms with Gasteiger partial charge in [0.25, 0.3) is 0 Å². The molecule has 0 fully saturated rings. The Morgan fingerprint density at radius 2 is 1.96 bits per heavy atom. The van der Waals surface area contributed by atoms with Crippen LogP contribution in [0.25, 0.3) is 0 Å². The fourth-order valence-electron chi connectivity index (χ4n) is 2.20. The van der Waals surface area contributed by atoms with Crippen LogP contribution in [0.15, 0.2) is 36.4 Å². The number of rotatable bonds is 9. The third-order valence-corrected chi connectivity index (χ3v) is 4.39. The van der Waals surface area contributed by atoms with E-state index in [4.69, 9.17) is 14.2 Å². The van der Waals surface area contributed by atoms with Gasteiger partial charge >= 0.3 is 0 Å². The third-order valence-electron chi connectivity index (χ3n) is 3.36. The Morgan fingerprint density at radius 1 is 1.16 bits per heavy atom. The summed E-state index contributed by atoms with van der Waals surface area (Å²) in [7, 11) is -1.32. The van der Waals surface area contributed by atoms with E-state index in [2.05, 4.69) is 4.98 Å². The van der Waals surface area contributed by atoms with Gasteiger partial charge in [-0.2, -0.15) is 0 Å². The lowest BCUT2D eigenvalue weighted by Gasteiger charge is -2.11. The number of aromatic nitrogens is 1. The van der Waals surface area contributed by atoms with Crippen molar-refractivity contribution in [3.63, 3.8) is 0 Å². The number of methoxy groups -OCH3 is 1. The zero-order valence-electron chi connectivity index (χ0n) is 14.7. The van der Waals surface area contributed by atoms with Crippen LogP contribution in [0.4, 0.5) is 0 Å². The van der Waals surface area contributed by atoms with E-state index in [0.29, 0.717) is 42.7 Å². The Balaban J connectivity index is 1.96. The molecule has 0 spiro atoms. The summed E-state index contributed by atoms with van der Waals surface area (Å²) in [5.41, 5.74) is 1.72. The molecule has 25 heavy (non-hydrogen) atoms. The van der Waals surface area contributed by atoms with E-state index in [-0.39, 0.29) is 5.75 Å². The highest BCUT2D eigenvalue weighted by Gasteiger charge is 2.07. The summed E-state index contributed by atoms with van der Waals surface area (Å²) in [6.07, 6.45) is 1.65. The van der Waals surface area contributed by atoms with Crippen LogP contribution >= 0.6 is 0 Å². The van der Waals surface area contributed by atoms with Crippen LogP contribution in [0.5, 0.6) is 17.4 Å². The SMILES string of the molecule is COCc1cccc(Oc2ccc(OCCCS(C)(=O)=O)nc2C)c1. The maximum absolute atomic E-state index is 11.1. The number of sulfone groups is 1. The lowest BCUT2D eigenvalue weighted by atomic mass is 10.2. The minimum atomic E-state index is -2.97. The van der Waals surface area contributed by atoms with Gasteiger partial charge in [0.15, 0.2) is 0 Å². The summed E-state index contributed by atoms with van der Waals surface area (Å²) < 4.78 is 38.6. The van der Waals surface area contributed by atoms with Crippen molar-refractivity contribution in [1.82, 2.24) is 4.98 Å². The highest BCUT2D eigenvalue weighted by Crippen LogP contribution is 2.26. The molecule has 0 aliphatic heterocycles. The Kier molecular flexibility index (Phi) is 6.78. The maximum Gasteiger partial charge on any atom is 0.213 e. The van der Waals surface area contributed by atoms with E-state index in [1.165, 1.54) is 6.26 Å². The molecule has 2 rings (SSSR count). The van der Waals surface area contributed by atoms with E-state index in [1.807, 2.05) is 31.2 Å². The van der Waals surface area contributed by atoms with Crippen molar-refractivity contribution in [1.29, 1.82) is 0 Å². The molecule has 0 saturated heterocycles. The van der Waals surface area contributed by atoms with Crippen LogP contribution in [0.3, 0.4) is 0 Å².